The summed E-state index contributed by atoms with van der Waals surface area (Å²) in [5.41, 5.74) is 1.70. The molecular formula is C17H18N4O3S. The highest BCUT2D eigenvalue weighted by atomic mass is 32.2. The lowest BCUT2D eigenvalue weighted by Gasteiger charge is -2.15. The molecule has 0 unspecified atom stereocenters. The van der Waals surface area contributed by atoms with Gasteiger partial charge in [-0.1, -0.05) is 12.1 Å². The highest BCUT2D eigenvalue weighted by Gasteiger charge is 2.18. The van der Waals surface area contributed by atoms with Crippen LogP contribution in [0.4, 0.5) is 0 Å². The summed E-state index contributed by atoms with van der Waals surface area (Å²) in [6.45, 7) is 1.80. The molecule has 3 aromatic rings. The van der Waals surface area contributed by atoms with Crippen LogP contribution in [0.3, 0.4) is 0 Å². The Bertz CT molecular complexity index is 921. The van der Waals surface area contributed by atoms with E-state index in [4.69, 9.17) is 4.74 Å². The molecular weight excluding hydrogens is 340 g/mol. The Hall–Kier alpha value is -2.71. The standard InChI is InChI=1S/C17H18N4O3S/c1-13(14-3-5-15(6-4-14)21-12-18-11-19-21)20-25(22,23)17-9-7-16(24-2)8-10-17/h3-13,20H,1-2H3/t13-/m1/s1. The van der Waals surface area contributed by atoms with Crippen molar-refractivity contribution in [2.75, 3.05) is 7.11 Å². The smallest absolute Gasteiger partial charge is 0.241 e. The van der Waals surface area contributed by atoms with Crippen molar-refractivity contribution in [1.29, 1.82) is 0 Å². The van der Waals surface area contributed by atoms with Gasteiger partial charge in [0.2, 0.25) is 10.0 Å². The third-order valence-corrected chi connectivity index (χ3v) is 5.33. The van der Waals surface area contributed by atoms with E-state index in [9.17, 15) is 8.42 Å². The Balaban J connectivity index is 1.75. The summed E-state index contributed by atoms with van der Waals surface area (Å²) in [6.07, 6.45) is 3.06. The molecule has 0 saturated heterocycles. The lowest BCUT2D eigenvalue weighted by molar-refractivity contribution is 0.414. The van der Waals surface area contributed by atoms with Gasteiger partial charge in [0.05, 0.1) is 17.7 Å². The van der Waals surface area contributed by atoms with Gasteiger partial charge in [-0.15, -0.1) is 0 Å². The van der Waals surface area contributed by atoms with Crippen LogP contribution in [0.1, 0.15) is 18.5 Å². The lowest BCUT2D eigenvalue weighted by Crippen LogP contribution is -2.26. The van der Waals surface area contributed by atoms with Gasteiger partial charge in [-0.05, 0) is 48.9 Å². The van der Waals surface area contributed by atoms with E-state index in [1.807, 2.05) is 24.3 Å². The van der Waals surface area contributed by atoms with Crippen LogP contribution in [0, 0.1) is 0 Å². The lowest BCUT2D eigenvalue weighted by atomic mass is 10.1. The van der Waals surface area contributed by atoms with Gasteiger partial charge in [0.1, 0.15) is 18.4 Å². The number of nitrogens with zero attached hydrogens (tertiary/aromatic N) is 3. The molecule has 0 saturated carbocycles. The first kappa shape index (κ1) is 17.1. The van der Waals surface area contributed by atoms with Crippen LogP contribution >= 0.6 is 0 Å². The van der Waals surface area contributed by atoms with E-state index in [0.29, 0.717) is 5.75 Å². The first-order chi connectivity index (χ1) is 12.0. The van der Waals surface area contributed by atoms with Crippen molar-refractivity contribution in [1.82, 2.24) is 19.5 Å². The third kappa shape index (κ3) is 3.86. The average molecular weight is 358 g/mol. The fourth-order valence-electron chi connectivity index (χ4n) is 2.38. The van der Waals surface area contributed by atoms with Crippen LogP contribution in [0.15, 0.2) is 66.1 Å². The van der Waals surface area contributed by atoms with Crippen LogP contribution in [0.5, 0.6) is 5.75 Å². The second kappa shape index (κ2) is 7.04. The van der Waals surface area contributed by atoms with Crippen molar-refractivity contribution in [3.8, 4) is 11.4 Å². The van der Waals surface area contributed by atoms with E-state index in [1.165, 1.54) is 25.6 Å². The molecule has 0 radical (unpaired) electrons. The number of ether oxygens (including phenoxy) is 1. The molecule has 1 atom stereocenters. The Kier molecular flexibility index (Phi) is 4.82. The number of hydrogen-bond acceptors (Lipinski definition) is 5. The summed E-state index contributed by atoms with van der Waals surface area (Å²) in [6, 6.07) is 13.3. The largest absolute Gasteiger partial charge is 0.497 e. The van der Waals surface area contributed by atoms with E-state index >= 15 is 0 Å². The molecule has 3 rings (SSSR count). The number of aromatic nitrogens is 3. The predicted octanol–water partition coefficient (Wildman–Crippen LogP) is 2.32. The van der Waals surface area contributed by atoms with Gasteiger partial charge in [0.15, 0.2) is 0 Å². The summed E-state index contributed by atoms with van der Waals surface area (Å²) in [7, 11) is -2.08. The predicted molar refractivity (Wildman–Crippen MR) is 93.1 cm³/mol. The zero-order chi connectivity index (χ0) is 17.9. The number of benzene rings is 2. The molecule has 0 aliphatic carbocycles. The molecule has 25 heavy (non-hydrogen) atoms. The fourth-order valence-corrected chi connectivity index (χ4v) is 3.61. The molecule has 7 nitrogen and oxygen atoms in total. The van der Waals surface area contributed by atoms with Crippen molar-refractivity contribution in [2.45, 2.75) is 17.9 Å². The number of methoxy groups -OCH3 is 1. The summed E-state index contributed by atoms with van der Waals surface area (Å²) < 4.78 is 34.3. The van der Waals surface area contributed by atoms with E-state index in [0.717, 1.165) is 11.3 Å². The summed E-state index contributed by atoms with van der Waals surface area (Å²) >= 11 is 0. The number of rotatable bonds is 6. The van der Waals surface area contributed by atoms with Crippen molar-refractivity contribution in [3.63, 3.8) is 0 Å². The number of hydrogen-bond donors (Lipinski definition) is 1. The SMILES string of the molecule is COc1ccc(S(=O)(=O)N[C@H](C)c2ccc(-n3cncn3)cc2)cc1. The molecule has 2 aromatic carbocycles. The summed E-state index contributed by atoms with van der Waals surface area (Å²) in [5, 5.41) is 4.06. The highest BCUT2D eigenvalue weighted by molar-refractivity contribution is 7.89. The normalized spacial score (nSPS) is 12.7. The first-order valence-corrected chi connectivity index (χ1v) is 9.09. The molecule has 130 valence electrons. The molecule has 0 aliphatic rings. The Morgan fingerprint density at radius 3 is 2.32 bits per heavy atom. The summed E-state index contributed by atoms with van der Waals surface area (Å²) in [4.78, 5) is 4.10. The zero-order valence-corrected chi connectivity index (χ0v) is 14.6. The van der Waals surface area contributed by atoms with Gasteiger partial charge in [-0.25, -0.2) is 22.8 Å². The highest BCUT2D eigenvalue weighted by Crippen LogP contribution is 2.20. The van der Waals surface area contributed by atoms with Crippen LogP contribution < -0.4 is 9.46 Å². The molecule has 8 heteroatoms. The molecule has 0 bridgehead atoms. The number of nitrogens with one attached hydrogen (secondary N) is 1. The topological polar surface area (TPSA) is 86.1 Å². The average Bonchev–Trinajstić information content (AvgIpc) is 3.16. The molecule has 0 amide bonds. The molecule has 0 spiro atoms. The molecule has 1 heterocycles. The Morgan fingerprint density at radius 2 is 1.76 bits per heavy atom. The van der Waals surface area contributed by atoms with Crippen molar-refractivity contribution in [3.05, 3.63) is 66.7 Å². The van der Waals surface area contributed by atoms with E-state index in [-0.39, 0.29) is 10.9 Å². The van der Waals surface area contributed by atoms with E-state index in [1.54, 1.807) is 30.1 Å². The van der Waals surface area contributed by atoms with Gasteiger partial charge < -0.3 is 4.74 Å². The van der Waals surface area contributed by atoms with Gasteiger partial charge >= 0.3 is 0 Å². The van der Waals surface area contributed by atoms with Crippen molar-refractivity contribution < 1.29 is 13.2 Å². The third-order valence-electron chi connectivity index (χ3n) is 3.78. The van der Waals surface area contributed by atoms with Crippen molar-refractivity contribution >= 4 is 10.0 Å². The minimum absolute atomic E-state index is 0.194. The fraction of sp³-hybridized carbons (Fsp3) is 0.176. The van der Waals surface area contributed by atoms with Crippen LogP contribution in [0.25, 0.3) is 5.69 Å². The summed E-state index contributed by atoms with van der Waals surface area (Å²) in [5.74, 6) is 0.607. The minimum Gasteiger partial charge on any atom is -0.497 e. The van der Waals surface area contributed by atoms with Crippen LogP contribution in [-0.2, 0) is 10.0 Å². The van der Waals surface area contributed by atoms with Gasteiger partial charge in [0, 0.05) is 6.04 Å². The van der Waals surface area contributed by atoms with Crippen molar-refractivity contribution in [2.24, 2.45) is 0 Å². The van der Waals surface area contributed by atoms with Gasteiger partial charge in [0.25, 0.3) is 0 Å². The monoisotopic (exact) mass is 358 g/mol. The van der Waals surface area contributed by atoms with Crippen LogP contribution in [0.2, 0.25) is 0 Å². The zero-order valence-electron chi connectivity index (χ0n) is 13.8. The number of sulfonamides is 1. The maximum atomic E-state index is 12.5. The van der Waals surface area contributed by atoms with Crippen LogP contribution in [-0.4, -0.2) is 30.3 Å². The first-order valence-electron chi connectivity index (χ1n) is 7.61. The Labute approximate surface area is 146 Å². The maximum absolute atomic E-state index is 12.5. The quantitative estimate of drug-likeness (QED) is 0.731. The Morgan fingerprint density at radius 1 is 1.08 bits per heavy atom. The van der Waals surface area contributed by atoms with E-state index < -0.39 is 10.0 Å². The van der Waals surface area contributed by atoms with Gasteiger partial charge in [-0.2, -0.15) is 5.10 Å². The second-order valence-corrected chi connectivity index (χ2v) is 7.16. The minimum atomic E-state index is -3.62. The molecule has 1 N–H and O–H groups in total. The van der Waals surface area contributed by atoms with E-state index in [2.05, 4.69) is 14.8 Å². The van der Waals surface area contributed by atoms with Gasteiger partial charge in [-0.3, -0.25) is 0 Å². The second-order valence-electron chi connectivity index (χ2n) is 5.45. The molecule has 0 aliphatic heterocycles. The maximum Gasteiger partial charge on any atom is 0.241 e. The molecule has 1 aromatic heterocycles. The molecule has 0 fully saturated rings.